The first-order chi connectivity index (χ1) is 16.0. The Hall–Kier alpha value is -2.38. The van der Waals surface area contributed by atoms with E-state index < -0.39 is 12.1 Å². The van der Waals surface area contributed by atoms with Crippen molar-refractivity contribution in [1.29, 1.82) is 0 Å². The van der Waals surface area contributed by atoms with Crippen LogP contribution in [0.1, 0.15) is 44.3 Å². The number of hydrogen-bond acceptors (Lipinski definition) is 4. The van der Waals surface area contributed by atoms with Crippen molar-refractivity contribution in [3.63, 3.8) is 0 Å². The molecule has 2 aliphatic heterocycles. The number of nitrogens with one attached hydrogen (secondary N) is 2. The van der Waals surface area contributed by atoms with E-state index in [0.29, 0.717) is 24.6 Å². The number of hydrogen-bond donors (Lipinski definition) is 2. The SMILES string of the molecule is [2H]CO[C@H](C)[C@H](NC(=O)c1ccc2cc[nH]c2c1)C(=O)N1CCC(C2CCN(C)CC2)CC1. The summed E-state index contributed by atoms with van der Waals surface area (Å²) in [4.78, 5) is 33.8. The van der Waals surface area contributed by atoms with Gasteiger partial charge in [-0.15, -0.1) is 0 Å². The average molecular weight is 442 g/mol. The van der Waals surface area contributed by atoms with Crippen LogP contribution in [0.25, 0.3) is 10.9 Å². The predicted octanol–water partition coefficient (Wildman–Crippen LogP) is 2.88. The predicted molar refractivity (Wildman–Crippen MR) is 126 cm³/mol. The lowest BCUT2D eigenvalue weighted by atomic mass is 9.79. The van der Waals surface area contributed by atoms with E-state index in [1.807, 2.05) is 23.2 Å². The third-order valence-electron chi connectivity index (χ3n) is 7.38. The number of nitrogens with zero attached hydrogens (tertiary/aromatic N) is 2. The van der Waals surface area contributed by atoms with Gasteiger partial charge in [0.05, 0.1) is 7.47 Å². The number of benzene rings is 1. The van der Waals surface area contributed by atoms with E-state index in [-0.39, 0.29) is 18.9 Å². The molecule has 174 valence electrons. The molecule has 2 saturated heterocycles. The van der Waals surface area contributed by atoms with Crippen LogP contribution in [0.2, 0.25) is 0 Å². The van der Waals surface area contributed by atoms with Gasteiger partial charge in [0.25, 0.3) is 5.91 Å². The van der Waals surface area contributed by atoms with Gasteiger partial charge in [-0.05, 0) is 88.2 Å². The molecular weight excluding hydrogens is 404 g/mol. The molecule has 2 atom stereocenters. The summed E-state index contributed by atoms with van der Waals surface area (Å²) in [5, 5.41) is 3.92. The van der Waals surface area contributed by atoms with Crippen molar-refractivity contribution in [2.45, 2.75) is 44.8 Å². The molecule has 0 aliphatic carbocycles. The molecule has 32 heavy (non-hydrogen) atoms. The van der Waals surface area contributed by atoms with Crippen molar-refractivity contribution >= 4 is 22.7 Å². The van der Waals surface area contributed by atoms with E-state index in [1.165, 1.54) is 12.8 Å². The number of H-pyrrole nitrogens is 1. The highest BCUT2D eigenvalue weighted by Crippen LogP contribution is 2.32. The summed E-state index contributed by atoms with van der Waals surface area (Å²) in [6.45, 7) is 5.49. The molecule has 1 aromatic heterocycles. The summed E-state index contributed by atoms with van der Waals surface area (Å²) < 4.78 is 12.8. The van der Waals surface area contributed by atoms with Gasteiger partial charge in [-0.1, -0.05) is 6.07 Å². The van der Waals surface area contributed by atoms with Crippen LogP contribution in [0.5, 0.6) is 0 Å². The second-order valence-electron chi connectivity index (χ2n) is 9.41. The van der Waals surface area contributed by atoms with Crippen LogP contribution in [-0.4, -0.2) is 79.1 Å². The fourth-order valence-corrected chi connectivity index (χ4v) is 5.18. The van der Waals surface area contributed by atoms with Gasteiger partial charge in [0.2, 0.25) is 5.91 Å². The third-order valence-corrected chi connectivity index (χ3v) is 7.38. The van der Waals surface area contributed by atoms with Crippen LogP contribution in [0, 0.1) is 11.8 Å². The first-order valence-electron chi connectivity index (χ1n) is 12.4. The zero-order valence-electron chi connectivity index (χ0n) is 20.2. The van der Waals surface area contributed by atoms with E-state index >= 15 is 0 Å². The zero-order valence-corrected chi connectivity index (χ0v) is 19.2. The van der Waals surface area contributed by atoms with Gasteiger partial charge in [0, 0.05) is 37.5 Å². The summed E-state index contributed by atoms with van der Waals surface area (Å²) in [6, 6.07) is 6.56. The highest BCUT2D eigenvalue weighted by atomic mass is 16.5. The summed E-state index contributed by atoms with van der Waals surface area (Å²) in [7, 11) is 1.93. The van der Waals surface area contributed by atoms with Crippen molar-refractivity contribution in [2.75, 3.05) is 40.3 Å². The molecule has 2 fully saturated rings. The second kappa shape index (κ2) is 10.0. The van der Waals surface area contributed by atoms with Crippen LogP contribution in [-0.2, 0) is 9.53 Å². The fourth-order valence-electron chi connectivity index (χ4n) is 5.18. The molecule has 2 N–H and O–H groups in total. The van der Waals surface area contributed by atoms with Gasteiger partial charge < -0.3 is 24.8 Å². The minimum atomic E-state index is -0.818. The van der Waals surface area contributed by atoms with Gasteiger partial charge in [-0.3, -0.25) is 9.59 Å². The number of amides is 2. The normalized spacial score (nSPS) is 21.3. The van der Waals surface area contributed by atoms with Crippen LogP contribution in [0.3, 0.4) is 0 Å². The Kier molecular flexibility index (Phi) is 6.74. The Bertz CT molecular complexity index is 948. The molecular formula is C25H36N4O3. The summed E-state index contributed by atoms with van der Waals surface area (Å²) >= 11 is 0. The maximum Gasteiger partial charge on any atom is 0.252 e. The summed E-state index contributed by atoms with van der Waals surface area (Å²) in [5.41, 5.74) is 1.36. The number of methoxy groups -OCH3 is 1. The van der Waals surface area contributed by atoms with Crippen molar-refractivity contribution in [3.8, 4) is 0 Å². The maximum absolute atomic E-state index is 13.4. The number of likely N-dealkylation sites (tertiary alicyclic amines) is 2. The lowest BCUT2D eigenvalue weighted by Gasteiger charge is -2.40. The molecule has 3 heterocycles. The van der Waals surface area contributed by atoms with Gasteiger partial charge in [-0.2, -0.15) is 0 Å². The van der Waals surface area contributed by atoms with Crippen molar-refractivity contribution in [1.82, 2.24) is 20.1 Å². The minimum Gasteiger partial charge on any atom is -0.379 e. The van der Waals surface area contributed by atoms with E-state index in [9.17, 15) is 9.59 Å². The number of piperidine rings is 2. The number of carbonyl (C=O) groups is 2. The van der Waals surface area contributed by atoms with E-state index in [1.54, 1.807) is 19.1 Å². The van der Waals surface area contributed by atoms with Crippen molar-refractivity contribution in [2.24, 2.45) is 11.8 Å². The Morgan fingerprint density at radius 2 is 1.81 bits per heavy atom. The van der Waals surface area contributed by atoms with E-state index in [0.717, 1.165) is 42.8 Å². The second-order valence-corrected chi connectivity index (χ2v) is 9.41. The molecule has 2 amide bonds. The largest absolute Gasteiger partial charge is 0.379 e. The summed E-state index contributed by atoms with van der Waals surface area (Å²) in [5.74, 6) is 0.992. The minimum absolute atomic E-state index is 0.118. The first-order valence-corrected chi connectivity index (χ1v) is 11.7. The number of carbonyl (C=O) groups excluding carboxylic acids is 2. The average Bonchev–Trinajstić information content (AvgIpc) is 3.31. The standard InChI is InChI=1S/C25H36N4O3/c1-17(32-3)23(27-24(30)21-5-4-20-6-11-26-22(20)16-21)25(31)29-14-9-19(10-15-29)18-7-12-28(2)13-8-18/h4-6,11,16-19,23,26H,7-10,12-15H2,1-3H3,(H,27,30)/t17-,23+/m1/s1/i3D. The number of rotatable bonds is 6. The maximum atomic E-state index is 13.4. The molecule has 0 radical (unpaired) electrons. The molecule has 7 nitrogen and oxygen atoms in total. The molecule has 2 aromatic rings. The van der Waals surface area contributed by atoms with Gasteiger partial charge in [-0.25, -0.2) is 0 Å². The molecule has 7 heteroatoms. The molecule has 0 bridgehead atoms. The Morgan fingerprint density at radius 1 is 1.12 bits per heavy atom. The molecule has 0 saturated carbocycles. The third kappa shape index (κ3) is 4.99. The van der Waals surface area contributed by atoms with Crippen molar-refractivity contribution < 1.29 is 15.7 Å². The lowest BCUT2D eigenvalue weighted by Crippen LogP contribution is -2.55. The number of aromatic nitrogens is 1. The van der Waals surface area contributed by atoms with Gasteiger partial charge in [0.15, 0.2) is 0 Å². The highest BCUT2D eigenvalue weighted by molar-refractivity contribution is 6.00. The number of ether oxygens (including phenoxy) is 1. The molecule has 2 aliphatic rings. The van der Waals surface area contributed by atoms with Crippen LogP contribution in [0.4, 0.5) is 0 Å². The fraction of sp³-hybridized carbons (Fsp3) is 0.600. The van der Waals surface area contributed by atoms with Gasteiger partial charge in [0.1, 0.15) is 6.04 Å². The van der Waals surface area contributed by atoms with Gasteiger partial charge >= 0.3 is 0 Å². The zero-order chi connectivity index (χ0) is 23.4. The number of aromatic amines is 1. The molecule has 4 rings (SSSR count). The Labute approximate surface area is 191 Å². The smallest absolute Gasteiger partial charge is 0.252 e. The lowest BCUT2D eigenvalue weighted by molar-refractivity contribution is -0.138. The molecule has 1 aromatic carbocycles. The van der Waals surface area contributed by atoms with Crippen LogP contribution in [0.15, 0.2) is 30.5 Å². The Balaban J connectivity index is 1.39. The Morgan fingerprint density at radius 3 is 2.50 bits per heavy atom. The van der Waals surface area contributed by atoms with Crippen molar-refractivity contribution in [3.05, 3.63) is 36.0 Å². The summed E-state index contributed by atoms with van der Waals surface area (Å²) in [6.07, 6.45) is 5.76. The monoisotopic (exact) mass is 441 g/mol. The van der Waals surface area contributed by atoms with Crippen LogP contribution < -0.4 is 5.32 Å². The topological polar surface area (TPSA) is 77.7 Å². The van der Waals surface area contributed by atoms with Crippen LogP contribution >= 0.6 is 0 Å². The quantitative estimate of drug-likeness (QED) is 0.723. The highest BCUT2D eigenvalue weighted by Gasteiger charge is 2.35. The van der Waals surface area contributed by atoms with E-state index in [4.69, 9.17) is 6.11 Å². The van der Waals surface area contributed by atoms with E-state index in [2.05, 4.69) is 22.2 Å². The first kappa shape index (κ1) is 21.5. The molecule has 0 spiro atoms. The number of fused-ring (bicyclic) bond motifs is 1. The molecule has 0 unspecified atom stereocenters.